The third-order valence-corrected chi connectivity index (χ3v) is 4.73. The van der Waals surface area contributed by atoms with E-state index < -0.39 is 24.3 Å². The van der Waals surface area contributed by atoms with Crippen LogP contribution in [-0.2, 0) is 11.2 Å². The quantitative estimate of drug-likeness (QED) is 0.658. The van der Waals surface area contributed by atoms with Crippen LogP contribution in [0, 0.1) is 0 Å². The number of aryl methyl sites for hydroxylation is 1. The molecule has 1 fully saturated rings. The first-order chi connectivity index (χ1) is 11.1. The van der Waals surface area contributed by atoms with Crippen LogP contribution in [0.25, 0.3) is 0 Å². The summed E-state index contributed by atoms with van der Waals surface area (Å²) in [6.07, 6.45) is 0.371. The second-order valence-corrected chi connectivity index (χ2v) is 6.22. The Kier molecular flexibility index (Phi) is 6.72. The van der Waals surface area contributed by atoms with Crippen LogP contribution in [0.5, 0.6) is 0 Å². The van der Waals surface area contributed by atoms with E-state index in [4.69, 9.17) is 0 Å². The Balaban J connectivity index is 2.00. The summed E-state index contributed by atoms with van der Waals surface area (Å²) < 4.78 is 0. The van der Waals surface area contributed by atoms with Gasteiger partial charge in [0.15, 0.2) is 0 Å². The molecule has 3 N–H and O–H groups in total. The van der Waals surface area contributed by atoms with Gasteiger partial charge in [-0.3, -0.25) is 9.69 Å². The van der Waals surface area contributed by atoms with Crippen LogP contribution in [0.2, 0.25) is 0 Å². The van der Waals surface area contributed by atoms with Gasteiger partial charge >= 0.3 is 0 Å². The summed E-state index contributed by atoms with van der Waals surface area (Å²) in [6.45, 7) is 2.21. The predicted octanol–water partition coefficient (Wildman–Crippen LogP) is 0.755. The summed E-state index contributed by atoms with van der Waals surface area (Å²) in [6, 6.07) is 9.19. The Morgan fingerprint density at radius 3 is 2.39 bits per heavy atom. The highest BCUT2D eigenvalue weighted by Gasteiger charge is 2.47. The van der Waals surface area contributed by atoms with Crippen molar-refractivity contribution in [3.63, 3.8) is 0 Å². The lowest BCUT2D eigenvalue weighted by molar-refractivity contribution is -0.120. The van der Waals surface area contributed by atoms with Crippen LogP contribution in [-0.4, -0.2) is 63.4 Å². The lowest BCUT2D eigenvalue weighted by Gasteiger charge is -2.29. The Morgan fingerprint density at radius 2 is 1.78 bits per heavy atom. The molecule has 128 valence electrons. The minimum atomic E-state index is -1.01. The second kappa shape index (κ2) is 8.55. The maximum Gasteiger partial charge on any atom is 0.134 e. The normalized spacial score (nSPS) is 28.2. The van der Waals surface area contributed by atoms with Crippen molar-refractivity contribution in [2.45, 2.75) is 56.9 Å². The molecule has 5 heteroatoms. The van der Waals surface area contributed by atoms with Gasteiger partial charge in [0.25, 0.3) is 0 Å². The van der Waals surface area contributed by atoms with E-state index in [1.54, 1.807) is 6.92 Å². The fourth-order valence-corrected chi connectivity index (χ4v) is 3.36. The summed E-state index contributed by atoms with van der Waals surface area (Å²) in [7, 11) is 0. The fraction of sp³-hybridized carbons (Fsp3) is 0.611. The summed E-state index contributed by atoms with van der Waals surface area (Å²) in [4.78, 5) is 13.7. The number of carbonyl (C=O) groups excluding carboxylic acids is 1. The molecule has 0 spiro atoms. The maximum absolute atomic E-state index is 11.8. The molecule has 1 aromatic carbocycles. The van der Waals surface area contributed by atoms with Crippen molar-refractivity contribution in [3.8, 4) is 0 Å². The van der Waals surface area contributed by atoms with Crippen molar-refractivity contribution < 1.29 is 20.1 Å². The summed E-state index contributed by atoms with van der Waals surface area (Å²) in [5.41, 5.74) is 1.23. The lowest BCUT2D eigenvalue weighted by atomic mass is 10.0. The van der Waals surface area contributed by atoms with E-state index in [1.165, 1.54) is 5.56 Å². The number of carbonyl (C=O) groups is 1. The number of aliphatic hydroxyl groups is 3. The molecule has 23 heavy (non-hydrogen) atoms. The minimum absolute atomic E-state index is 0.0629. The SMILES string of the molecule is CCC(=O)CC1[C@@H](O)[C@H](O)[C@@H](CO)N1CCCc1ccccc1. The van der Waals surface area contributed by atoms with Crippen LogP contribution < -0.4 is 0 Å². The number of benzene rings is 1. The van der Waals surface area contributed by atoms with Crippen LogP contribution in [0.3, 0.4) is 0 Å². The van der Waals surface area contributed by atoms with Crippen molar-refractivity contribution in [2.75, 3.05) is 13.2 Å². The molecule has 1 aromatic rings. The molecule has 1 aliphatic rings. The molecule has 1 aliphatic heterocycles. The number of hydrogen-bond acceptors (Lipinski definition) is 5. The maximum atomic E-state index is 11.8. The first kappa shape index (κ1) is 18.1. The van der Waals surface area contributed by atoms with E-state index in [0.717, 1.165) is 12.8 Å². The number of Topliss-reactive ketones (excluding diaryl/α,β-unsaturated/α-hetero) is 1. The zero-order chi connectivity index (χ0) is 16.8. The van der Waals surface area contributed by atoms with Gasteiger partial charge in [0.05, 0.1) is 24.9 Å². The standard InChI is InChI=1S/C18H27NO4/c1-2-14(21)11-15-17(22)18(23)16(12-20)19(15)10-6-9-13-7-4-3-5-8-13/h3-5,7-8,15-18,20,22-23H,2,6,9-12H2,1H3/t15?,16-,17-,18-/m1/s1. The highest BCUT2D eigenvalue weighted by atomic mass is 16.3. The fourth-order valence-electron chi connectivity index (χ4n) is 3.36. The number of aliphatic hydroxyl groups excluding tert-OH is 3. The largest absolute Gasteiger partial charge is 0.395 e. The molecule has 0 aromatic heterocycles. The van der Waals surface area contributed by atoms with Crippen LogP contribution in [0.4, 0.5) is 0 Å². The molecule has 1 unspecified atom stereocenters. The zero-order valence-corrected chi connectivity index (χ0v) is 13.6. The van der Waals surface area contributed by atoms with Gasteiger partial charge in [-0.05, 0) is 24.9 Å². The molecule has 0 radical (unpaired) electrons. The Hall–Kier alpha value is -1.27. The number of rotatable bonds is 8. The molecule has 1 saturated heterocycles. The van der Waals surface area contributed by atoms with Crippen molar-refractivity contribution in [3.05, 3.63) is 35.9 Å². The van der Waals surface area contributed by atoms with Crippen LogP contribution >= 0.6 is 0 Å². The van der Waals surface area contributed by atoms with Gasteiger partial charge in [0.1, 0.15) is 5.78 Å². The van der Waals surface area contributed by atoms with Gasteiger partial charge in [0, 0.05) is 18.9 Å². The number of ketones is 1. The van der Waals surface area contributed by atoms with E-state index in [0.29, 0.717) is 13.0 Å². The van der Waals surface area contributed by atoms with Crippen LogP contribution in [0.1, 0.15) is 31.7 Å². The van der Waals surface area contributed by atoms with Gasteiger partial charge in [0.2, 0.25) is 0 Å². The van der Waals surface area contributed by atoms with Gasteiger partial charge in [-0.25, -0.2) is 0 Å². The summed E-state index contributed by atoms with van der Waals surface area (Å²) in [5, 5.41) is 29.9. The number of likely N-dealkylation sites (tertiary alicyclic amines) is 1. The van der Waals surface area contributed by atoms with Crippen molar-refractivity contribution in [1.82, 2.24) is 4.90 Å². The van der Waals surface area contributed by atoms with Gasteiger partial charge in [-0.2, -0.15) is 0 Å². The van der Waals surface area contributed by atoms with Crippen molar-refractivity contribution >= 4 is 5.78 Å². The molecule has 5 nitrogen and oxygen atoms in total. The zero-order valence-electron chi connectivity index (χ0n) is 13.6. The highest BCUT2D eigenvalue weighted by molar-refractivity contribution is 5.78. The molecule has 0 saturated carbocycles. The van der Waals surface area contributed by atoms with Crippen molar-refractivity contribution in [1.29, 1.82) is 0 Å². The number of hydrogen-bond donors (Lipinski definition) is 3. The first-order valence-corrected chi connectivity index (χ1v) is 8.36. The smallest absolute Gasteiger partial charge is 0.134 e. The topological polar surface area (TPSA) is 81.0 Å². The molecule has 0 aliphatic carbocycles. The van der Waals surface area contributed by atoms with E-state index in [9.17, 15) is 20.1 Å². The monoisotopic (exact) mass is 321 g/mol. The van der Waals surface area contributed by atoms with Crippen LogP contribution in [0.15, 0.2) is 30.3 Å². The second-order valence-electron chi connectivity index (χ2n) is 6.22. The highest BCUT2D eigenvalue weighted by Crippen LogP contribution is 2.28. The van der Waals surface area contributed by atoms with E-state index in [2.05, 4.69) is 12.1 Å². The first-order valence-electron chi connectivity index (χ1n) is 8.36. The predicted molar refractivity (Wildman–Crippen MR) is 88.1 cm³/mol. The average molecular weight is 321 g/mol. The molecule has 1 heterocycles. The summed E-state index contributed by atoms with van der Waals surface area (Å²) in [5.74, 6) is 0.0629. The van der Waals surface area contributed by atoms with E-state index in [-0.39, 0.29) is 18.8 Å². The lowest BCUT2D eigenvalue weighted by Crippen LogP contribution is -2.43. The number of nitrogens with zero attached hydrogens (tertiary/aromatic N) is 1. The Bertz CT molecular complexity index is 493. The molecule has 0 amide bonds. The third-order valence-electron chi connectivity index (χ3n) is 4.73. The minimum Gasteiger partial charge on any atom is -0.395 e. The van der Waals surface area contributed by atoms with E-state index in [1.807, 2.05) is 23.1 Å². The summed E-state index contributed by atoms with van der Waals surface area (Å²) >= 11 is 0. The Labute approximate surface area is 137 Å². The van der Waals surface area contributed by atoms with Gasteiger partial charge < -0.3 is 15.3 Å². The molecular formula is C18H27NO4. The third kappa shape index (κ3) is 4.38. The van der Waals surface area contributed by atoms with E-state index >= 15 is 0 Å². The molecule has 2 rings (SSSR count). The van der Waals surface area contributed by atoms with Gasteiger partial charge in [-0.1, -0.05) is 37.3 Å². The molecular weight excluding hydrogens is 294 g/mol. The molecule has 0 bridgehead atoms. The molecule has 4 atom stereocenters. The average Bonchev–Trinajstić information content (AvgIpc) is 2.80. The van der Waals surface area contributed by atoms with Crippen molar-refractivity contribution in [2.24, 2.45) is 0 Å². The van der Waals surface area contributed by atoms with Gasteiger partial charge in [-0.15, -0.1) is 0 Å². The Morgan fingerprint density at radius 1 is 1.13 bits per heavy atom.